The van der Waals surface area contributed by atoms with Gasteiger partial charge >= 0.3 is 0 Å². The zero-order valence-corrected chi connectivity index (χ0v) is 15.3. The number of nitrogens with zero attached hydrogens (tertiary/aromatic N) is 1. The zero-order valence-electron chi connectivity index (χ0n) is 13.7. The molecule has 4 heteroatoms. The molecule has 0 saturated carbocycles. The summed E-state index contributed by atoms with van der Waals surface area (Å²) in [7, 11) is 0. The number of rotatable bonds is 3. The zero-order chi connectivity index (χ0) is 18.1. The van der Waals surface area contributed by atoms with Gasteiger partial charge in [0.2, 0.25) is 0 Å². The smallest absolute Gasteiger partial charge is 0.263 e. The van der Waals surface area contributed by atoms with Crippen molar-refractivity contribution in [3.63, 3.8) is 0 Å². The number of ketones is 1. The van der Waals surface area contributed by atoms with Gasteiger partial charge in [-0.2, -0.15) is 0 Å². The Hall–Kier alpha value is -2.98. The first-order valence-corrected chi connectivity index (χ1v) is 8.95. The van der Waals surface area contributed by atoms with Crippen LogP contribution in [0.15, 0.2) is 89.4 Å². The van der Waals surface area contributed by atoms with Gasteiger partial charge in [-0.1, -0.05) is 52.3 Å². The lowest BCUT2D eigenvalue weighted by Crippen LogP contribution is -2.22. The van der Waals surface area contributed by atoms with Gasteiger partial charge in [0.15, 0.2) is 5.78 Å². The van der Waals surface area contributed by atoms with Gasteiger partial charge in [0.25, 0.3) is 5.91 Å². The van der Waals surface area contributed by atoms with E-state index < -0.39 is 0 Å². The fraction of sp³-hybridized carbons (Fsp3) is 0. The quantitative estimate of drug-likeness (QED) is 0.437. The Kier molecular flexibility index (Phi) is 4.27. The van der Waals surface area contributed by atoms with E-state index in [0.717, 1.165) is 15.7 Å². The first-order valence-electron chi connectivity index (χ1n) is 8.15. The van der Waals surface area contributed by atoms with Gasteiger partial charge in [-0.05, 0) is 42.5 Å². The average Bonchev–Trinajstić information content (AvgIpc) is 2.95. The average molecular weight is 404 g/mol. The Morgan fingerprint density at radius 3 is 2.12 bits per heavy atom. The van der Waals surface area contributed by atoms with Crippen LogP contribution < -0.4 is 4.90 Å². The van der Waals surface area contributed by atoms with Gasteiger partial charge in [-0.15, -0.1) is 0 Å². The van der Waals surface area contributed by atoms with E-state index >= 15 is 0 Å². The summed E-state index contributed by atoms with van der Waals surface area (Å²) in [6, 6.07) is 23.9. The number of allylic oxidation sites excluding steroid dienone is 1. The second kappa shape index (κ2) is 6.73. The van der Waals surface area contributed by atoms with E-state index in [-0.39, 0.29) is 11.7 Å². The number of benzene rings is 3. The SMILES string of the molecule is O=C(/C=C1\c2ccccc2C(=O)N1c1ccccc1)c1ccc(Br)cc1. The van der Waals surface area contributed by atoms with Crippen molar-refractivity contribution in [1.82, 2.24) is 0 Å². The van der Waals surface area contributed by atoms with Gasteiger partial charge in [0.05, 0.1) is 5.70 Å². The lowest BCUT2D eigenvalue weighted by atomic mass is 10.1. The molecule has 3 aromatic carbocycles. The van der Waals surface area contributed by atoms with Crippen LogP contribution in [-0.2, 0) is 0 Å². The van der Waals surface area contributed by atoms with E-state index in [4.69, 9.17) is 0 Å². The standard InChI is InChI=1S/C22H14BrNO2/c23-16-12-10-15(11-13-16)21(25)14-20-18-8-4-5-9-19(18)22(26)24(20)17-6-2-1-3-7-17/h1-14H/b20-14+. The largest absolute Gasteiger partial charge is 0.289 e. The highest BCUT2D eigenvalue weighted by atomic mass is 79.9. The third kappa shape index (κ3) is 2.89. The van der Waals surface area contributed by atoms with E-state index in [1.165, 1.54) is 0 Å². The molecule has 1 amide bonds. The lowest BCUT2D eigenvalue weighted by Gasteiger charge is -2.18. The molecule has 0 spiro atoms. The fourth-order valence-corrected chi connectivity index (χ4v) is 3.30. The Morgan fingerprint density at radius 2 is 1.42 bits per heavy atom. The van der Waals surface area contributed by atoms with Crippen LogP contribution in [0.4, 0.5) is 5.69 Å². The van der Waals surface area contributed by atoms with Crippen LogP contribution in [0.2, 0.25) is 0 Å². The number of hydrogen-bond donors (Lipinski definition) is 0. The first-order chi connectivity index (χ1) is 12.6. The normalized spacial score (nSPS) is 14.6. The molecule has 0 atom stereocenters. The van der Waals surface area contributed by atoms with E-state index in [9.17, 15) is 9.59 Å². The minimum Gasteiger partial charge on any atom is -0.289 e. The Bertz CT molecular complexity index is 1020. The molecule has 26 heavy (non-hydrogen) atoms. The van der Waals surface area contributed by atoms with Crippen LogP contribution in [-0.4, -0.2) is 11.7 Å². The molecule has 3 aromatic rings. The van der Waals surface area contributed by atoms with Gasteiger partial charge in [0.1, 0.15) is 0 Å². The minimum atomic E-state index is -0.141. The van der Waals surface area contributed by atoms with Crippen molar-refractivity contribution in [3.05, 3.63) is 106 Å². The van der Waals surface area contributed by atoms with Gasteiger partial charge in [0, 0.05) is 32.9 Å². The van der Waals surface area contributed by atoms with Crippen LogP contribution in [0, 0.1) is 0 Å². The molecule has 1 heterocycles. The van der Waals surface area contributed by atoms with E-state index in [1.807, 2.05) is 60.7 Å². The van der Waals surface area contributed by atoms with Gasteiger partial charge in [-0.25, -0.2) is 0 Å². The number of para-hydroxylation sites is 1. The molecule has 0 radical (unpaired) electrons. The second-order valence-corrected chi connectivity index (χ2v) is 6.84. The molecule has 0 saturated heterocycles. The van der Waals surface area contributed by atoms with Gasteiger partial charge < -0.3 is 0 Å². The third-order valence-corrected chi connectivity index (χ3v) is 4.82. The van der Waals surface area contributed by atoms with E-state index in [2.05, 4.69) is 15.9 Å². The number of fused-ring (bicyclic) bond motifs is 1. The van der Waals surface area contributed by atoms with Crippen LogP contribution in [0.3, 0.4) is 0 Å². The van der Waals surface area contributed by atoms with Crippen LogP contribution in [0.1, 0.15) is 26.3 Å². The molecule has 0 aliphatic carbocycles. The first kappa shape index (κ1) is 16.5. The number of halogens is 1. The monoisotopic (exact) mass is 403 g/mol. The number of carbonyl (C=O) groups excluding carboxylic acids is 2. The molecule has 0 aromatic heterocycles. The van der Waals surface area contributed by atoms with Gasteiger partial charge in [-0.3, -0.25) is 14.5 Å². The summed E-state index contributed by atoms with van der Waals surface area (Å²) in [5.74, 6) is -0.264. The van der Waals surface area contributed by atoms with Crippen molar-refractivity contribution in [3.8, 4) is 0 Å². The Labute approximate surface area is 159 Å². The Balaban J connectivity index is 1.83. The molecule has 0 N–H and O–H groups in total. The maximum atomic E-state index is 12.9. The summed E-state index contributed by atoms with van der Waals surface area (Å²) < 4.78 is 0.911. The summed E-state index contributed by atoms with van der Waals surface area (Å²) in [6.07, 6.45) is 1.54. The predicted molar refractivity (Wildman–Crippen MR) is 106 cm³/mol. The molecular weight excluding hydrogens is 390 g/mol. The predicted octanol–water partition coefficient (Wildman–Crippen LogP) is 5.33. The summed E-state index contributed by atoms with van der Waals surface area (Å²) in [5.41, 5.74) is 3.29. The summed E-state index contributed by atoms with van der Waals surface area (Å²) in [4.78, 5) is 27.3. The number of carbonyl (C=O) groups is 2. The highest BCUT2D eigenvalue weighted by Crippen LogP contribution is 2.36. The van der Waals surface area contributed by atoms with Crippen molar-refractivity contribution in [2.45, 2.75) is 0 Å². The second-order valence-electron chi connectivity index (χ2n) is 5.92. The maximum absolute atomic E-state index is 12.9. The maximum Gasteiger partial charge on any atom is 0.263 e. The summed E-state index contributed by atoms with van der Waals surface area (Å²) in [5, 5.41) is 0. The molecule has 0 bridgehead atoms. The number of hydrogen-bond acceptors (Lipinski definition) is 2. The third-order valence-electron chi connectivity index (χ3n) is 4.29. The van der Waals surface area contributed by atoms with Crippen molar-refractivity contribution in [1.29, 1.82) is 0 Å². The van der Waals surface area contributed by atoms with Crippen molar-refractivity contribution in [2.75, 3.05) is 4.90 Å². The molecular formula is C22H14BrNO2. The molecule has 4 rings (SSSR count). The van der Waals surface area contributed by atoms with Crippen LogP contribution in [0.5, 0.6) is 0 Å². The van der Waals surface area contributed by atoms with Crippen molar-refractivity contribution >= 4 is 39.0 Å². The molecule has 0 fully saturated rings. The molecule has 1 aliphatic heterocycles. The van der Waals surface area contributed by atoms with Crippen LogP contribution in [0.25, 0.3) is 5.70 Å². The number of amides is 1. The van der Waals surface area contributed by atoms with E-state index in [0.29, 0.717) is 16.8 Å². The lowest BCUT2D eigenvalue weighted by molar-refractivity contribution is 0.101. The topological polar surface area (TPSA) is 37.4 Å². The molecule has 0 unspecified atom stereocenters. The Morgan fingerprint density at radius 1 is 0.808 bits per heavy atom. The summed E-state index contributed by atoms with van der Waals surface area (Å²) in [6.45, 7) is 0. The summed E-state index contributed by atoms with van der Waals surface area (Å²) >= 11 is 3.37. The number of anilines is 1. The molecule has 126 valence electrons. The van der Waals surface area contributed by atoms with Crippen molar-refractivity contribution < 1.29 is 9.59 Å². The highest BCUT2D eigenvalue weighted by molar-refractivity contribution is 9.10. The molecule has 1 aliphatic rings. The van der Waals surface area contributed by atoms with E-state index in [1.54, 1.807) is 29.2 Å². The highest BCUT2D eigenvalue weighted by Gasteiger charge is 2.33. The van der Waals surface area contributed by atoms with Crippen molar-refractivity contribution in [2.24, 2.45) is 0 Å². The molecule has 3 nitrogen and oxygen atoms in total. The minimum absolute atomic E-state index is 0.123. The van der Waals surface area contributed by atoms with Crippen LogP contribution >= 0.6 is 15.9 Å². The fourth-order valence-electron chi connectivity index (χ4n) is 3.04.